The quantitative estimate of drug-likeness (QED) is 0.190. The third-order valence-corrected chi connectivity index (χ3v) is 9.92. The Kier molecular flexibility index (Phi) is 12.4. The number of sulfonamides is 1. The number of hydrogen-bond donors (Lipinski definition) is 1. The van der Waals surface area contributed by atoms with Crippen LogP contribution in [0.25, 0.3) is 0 Å². The molecule has 226 valence electrons. The summed E-state index contributed by atoms with van der Waals surface area (Å²) in [6, 6.07) is 14.6. The molecule has 3 aromatic carbocycles. The van der Waals surface area contributed by atoms with Crippen LogP contribution in [0.2, 0.25) is 20.1 Å². The highest BCUT2D eigenvalue weighted by atomic mass is 35.5. The van der Waals surface area contributed by atoms with Gasteiger partial charge in [-0.05, 0) is 62.2 Å². The molecule has 2 amide bonds. The molecule has 3 rings (SSSR count). The minimum atomic E-state index is -4.26. The Labute approximate surface area is 267 Å². The third kappa shape index (κ3) is 8.32. The summed E-state index contributed by atoms with van der Waals surface area (Å²) in [6.45, 7) is 5.32. The molecule has 0 aliphatic rings. The highest BCUT2D eigenvalue weighted by molar-refractivity contribution is 7.92. The van der Waals surface area contributed by atoms with Gasteiger partial charge in [-0.1, -0.05) is 90.4 Å². The van der Waals surface area contributed by atoms with Crippen molar-refractivity contribution in [2.24, 2.45) is 0 Å². The maximum absolute atomic E-state index is 14.2. The summed E-state index contributed by atoms with van der Waals surface area (Å²) in [6.07, 6.45) is 1.92. The molecule has 42 heavy (non-hydrogen) atoms. The first-order valence-electron chi connectivity index (χ1n) is 13.4. The van der Waals surface area contributed by atoms with E-state index < -0.39 is 28.5 Å². The van der Waals surface area contributed by atoms with E-state index in [1.165, 1.54) is 35.2 Å². The minimum absolute atomic E-state index is 0.0166. The van der Waals surface area contributed by atoms with Crippen molar-refractivity contribution in [2.45, 2.75) is 57.5 Å². The molecule has 0 aliphatic heterocycles. The maximum atomic E-state index is 14.2. The van der Waals surface area contributed by atoms with E-state index in [-0.39, 0.29) is 39.5 Å². The lowest BCUT2D eigenvalue weighted by Gasteiger charge is -2.33. The number of nitrogens with zero attached hydrogens (tertiary/aromatic N) is 2. The predicted octanol–water partition coefficient (Wildman–Crippen LogP) is 7.53. The lowest BCUT2D eigenvalue weighted by molar-refractivity contribution is -0.140. The Bertz CT molecular complexity index is 1500. The topological polar surface area (TPSA) is 86.8 Å². The highest BCUT2D eigenvalue weighted by Gasteiger charge is 2.34. The molecule has 0 fully saturated rings. The van der Waals surface area contributed by atoms with Gasteiger partial charge in [0.25, 0.3) is 10.0 Å². The first-order chi connectivity index (χ1) is 19.9. The monoisotopic (exact) mass is 671 g/mol. The first kappa shape index (κ1) is 34.0. The van der Waals surface area contributed by atoms with E-state index in [0.29, 0.717) is 22.2 Å². The van der Waals surface area contributed by atoms with Gasteiger partial charge in [0.15, 0.2) is 0 Å². The summed E-state index contributed by atoms with van der Waals surface area (Å²) in [5, 5.41) is 3.86. The van der Waals surface area contributed by atoms with Crippen LogP contribution in [0.3, 0.4) is 0 Å². The summed E-state index contributed by atoms with van der Waals surface area (Å²) in [5.41, 5.74) is 1.44. The van der Waals surface area contributed by atoms with Crippen molar-refractivity contribution >= 4 is 73.9 Å². The zero-order chi connectivity index (χ0) is 31.0. The summed E-state index contributed by atoms with van der Waals surface area (Å²) in [7, 11) is -4.26. The van der Waals surface area contributed by atoms with Crippen molar-refractivity contribution in [3.05, 3.63) is 91.9 Å². The molecule has 7 nitrogen and oxygen atoms in total. The number of benzene rings is 3. The van der Waals surface area contributed by atoms with Crippen molar-refractivity contribution in [3.8, 4) is 0 Å². The molecule has 0 aromatic heterocycles. The molecular weight excluding hydrogens is 640 g/mol. The van der Waals surface area contributed by atoms with Crippen LogP contribution >= 0.6 is 46.4 Å². The second kappa shape index (κ2) is 15.3. The molecule has 3 aromatic rings. The van der Waals surface area contributed by atoms with Crippen LogP contribution in [0.15, 0.2) is 65.6 Å². The molecule has 12 heteroatoms. The number of hydrogen-bond acceptors (Lipinski definition) is 4. The molecule has 0 bridgehead atoms. The van der Waals surface area contributed by atoms with Gasteiger partial charge in [0.05, 0.1) is 20.6 Å². The second-order valence-electron chi connectivity index (χ2n) is 9.71. The van der Waals surface area contributed by atoms with E-state index in [9.17, 15) is 18.0 Å². The Morgan fingerprint density at radius 1 is 0.881 bits per heavy atom. The Morgan fingerprint density at radius 3 is 2.10 bits per heavy atom. The van der Waals surface area contributed by atoms with Crippen molar-refractivity contribution in [2.75, 3.05) is 17.4 Å². The number of aryl methyl sites for hydroxylation is 1. The van der Waals surface area contributed by atoms with E-state index >= 15 is 0 Å². The lowest BCUT2D eigenvalue weighted by Crippen LogP contribution is -2.52. The van der Waals surface area contributed by atoms with Gasteiger partial charge in [0, 0.05) is 28.7 Å². The van der Waals surface area contributed by atoms with Gasteiger partial charge < -0.3 is 10.2 Å². The molecule has 0 aliphatic carbocycles. The number of unbranched alkanes of at least 4 members (excludes halogenated alkanes) is 1. The largest absolute Gasteiger partial charge is 0.354 e. The average Bonchev–Trinajstić information content (AvgIpc) is 2.95. The molecule has 0 heterocycles. The SMILES string of the molecule is CCCCNC(=O)[C@H](CC)N(Cc1c(Cl)cccc1Cl)C(=O)CN(c1ccc(Cl)c(Cl)c1)S(=O)(=O)c1ccc(C)cc1. The van der Waals surface area contributed by atoms with Gasteiger partial charge in [0.2, 0.25) is 11.8 Å². The van der Waals surface area contributed by atoms with E-state index in [2.05, 4.69) is 5.32 Å². The van der Waals surface area contributed by atoms with Gasteiger partial charge >= 0.3 is 0 Å². The van der Waals surface area contributed by atoms with Crippen LogP contribution in [0.5, 0.6) is 0 Å². The second-order valence-corrected chi connectivity index (χ2v) is 13.2. The predicted molar refractivity (Wildman–Crippen MR) is 171 cm³/mol. The molecule has 0 spiro atoms. The van der Waals surface area contributed by atoms with Crippen LogP contribution in [-0.2, 0) is 26.2 Å². The summed E-state index contributed by atoms with van der Waals surface area (Å²) >= 11 is 25.3. The van der Waals surface area contributed by atoms with Crippen LogP contribution in [0, 0.1) is 6.92 Å². The summed E-state index contributed by atoms with van der Waals surface area (Å²) in [5.74, 6) is -0.991. The van der Waals surface area contributed by atoms with Crippen molar-refractivity contribution in [1.29, 1.82) is 0 Å². The summed E-state index contributed by atoms with van der Waals surface area (Å²) < 4.78 is 28.9. The third-order valence-electron chi connectivity index (χ3n) is 6.68. The van der Waals surface area contributed by atoms with Crippen molar-refractivity contribution in [1.82, 2.24) is 10.2 Å². The van der Waals surface area contributed by atoms with Crippen molar-refractivity contribution in [3.63, 3.8) is 0 Å². The van der Waals surface area contributed by atoms with Gasteiger partial charge in [-0.3, -0.25) is 13.9 Å². The molecule has 0 saturated carbocycles. The maximum Gasteiger partial charge on any atom is 0.264 e. The molecule has 0 unspecified atom stereocenters. The van der Waals surface area contributed by atoms with Crippen LogP contribution in [0.4, 0.5) is 5.69 Å². The molecule has 0 saturated heterocycles. The van der Waals surface area contributed by atoms with Gasteiger partial charge in [-0.25, -0.2) is 8.42 Å². The fourth-order valence-corrected chi connectivity index (χ4v) is 6.50. The van der Waals surface area contributed by atoms with Crippen LogP contribution in [0.1, 0.15) is 44.2 Å². The average molecular weight is 673 g/mol. The highest BCUT2D eigenvalue weighted by Crippen LogP contribution is 2.32. The zero-order valence-corrected chi connectivity index (χ0v) is 27.4. The normalized spacial score (nSPS) is 12.1. The standard InChI is InChI=1S/C30H33Cl4N3O4S/c1-4-6-16-35-30(39)28(5-2)36(18-23-24(31)8-7-9-25(23)32)29(38)19-37(21-12-15-26(33)27(34)17-21)42(40,41)22-13-10-20(3)11-14-22/h7-15,17,28H,4-6,16,18-19H2,1-3H3,(H,35,39)/t28-/m0/s1. The summed E-state index contributed by atoms with van der Waals surface area (Å²) in [4.78, 5) is 28.8. The fraction of sp³-hybridized carbons (Fsp3) is 0.333. The van der Waals surface area contributed by atoms with E-state index in [1.807, 2.05) is 13.8 Å². The van der Waals surface area contributed by atoms with Crippen LogP contribution in [-0.4, -0.2) is 44.3 Å². The lowest BCUT2D eigenvalue weighted by atomic mass is 10.1. The Balaban J connectivity index is 2.10. The number of carbonyl (C=O) groups excluding carboxylic acids is 2. The van der Waals surface area contributed by atoms with Crippen molar-refractivity contribution < 1.29 is 18.0 Å². The van der Waals surface area contributed by atoms with E-state index in [4.69, 9.17) is 46.4 Å². The molecular formula is C30H33Cl4N3O4S. The first-order valence-corrected chi connectivity index (χ1v) is 16.4. The number of anilines is 1. The molecule has 1 N–H and O–H groups in total. The van der Waals surface area contributed by atoms with Gasteiger partial charge in [0.1, 0.15) is 12.6 Å². The zero-order valence-electron chi connectivity index (χ0n) is 23.5. The van der Waals surface area contributed by atoms with Gasteiger partial charge in [-0.15, -0.1) is 0 Å². The van der Waals surface area contributed by atoms with Crippen LogP contribution < -0.4 is 9.62 Å². The molecule has 0 radical (unpaired) electrons. The van der Waals surface area contributed by atoms with E-state index in [0.717, 1.165) is 22.7 Å². The minimum Gasteiger partial charge on any atom is -0.354 e. The number of amides is 2. The Morgan fingerprint density at radius 2 is 1.52 bits per heavy atom. The smallest absolute Gasteiger partial charge is 0.264 e. The Hall–Kier alpha value is -2.49. The number of carbonyl (C=O) groups is 2. The molecule has 1 atom stereocenters. The van der Waals surface area contributed by atoms with Gasteiger partial charge in [-0.2, -0.15) is 0 Å². The number of nitrogens with one attached hydrogen (secondary N) is 1. The fourth-order valence-electron chi connectivity index (χ4n) is 4.29. The number of rotatable bonds is 13. The van der Waals surface area contributed by atoms with E-state index in [1.54, 1.807) is 37.3 Å². The number of halogens is 4.